The van der Waals surface area contributed by atoms with Crippen molar-refractivity contribution in [3.63, 3.8) is 0 Å². The average molecular weight is 509 g/mol. The van der Waals surface area contributed by atoms with Crippen LogP contribution in [0.4, 0.5) is 9.18 Å². The molecule has 28 heavy (non-hydrogen) atoms. The molecule has 0 unspecified atom stereocenters. The first-order valence-electron chi connectivity index (χ1n) is 8.74. The predicted octanol–water partition coefficient (Wildman–Crippen LogP) is 3.36. The monoisotopic (exact) mass is 509 g/mol. The number of rotatable bonds is 7. The maximum absolute atomic E-state index is 14.4. The lowest BCUT2D eigenvalue weighted by Crippen LogP contribution is -2.63. The predicted molar refractivity (Wildman–Crippen MR) is 108 cm³/mol. The number of benzene rings is 1. The Kier molecular flexibility index (Phi) is 8.65. The normalized spacial score (nSPS) is 11.5. The number of carbonyl (C=O) groups excluding carboxylic acids is 3. The lowest BCUT2D eigenvalue weighted by molar-refractivity contribution is -0.166. The molecule has 1 aromatic rings. The van der Waals surface area contributed by atoms with Gasteiger partial charge >= 0.3 is 18.0 Å². The molecular weight excluding hydrogens is 484 g/mol. The summed E-state index contributed by atoms with van der Waals surface area (Å²) in [6.45, 7) is 7.88. The first kappa shape index (κ1) is 24.1. The fourth-order valence-corrected chi connectivity index (χ4v) is 2.88. The van der Waals surface area contributed by atoms with Crippen LogP contribution in [-0.4, -0.2) is 42.4 Å². The van der Waals surface area contributed by atoms with Crippen molar-refractivity contribution in [1.82, 2.24) is 5.32 Å². The highest BCUT2D eigenvalue weighted by molar-refractivity contribution is 14.1. The van der Waals surface area contributed by atoms with Crippen molar-refractivity contribution in [3.05, 3.63) is 33.1 Å². The van der Waals surface area contributed by atoms with Crippen molar-refractivity contribution in [2.24, 2.45) is 0 Å². The fraction of sp³-hybridized carbons (Fsp3) is 0.526. The molecule has 0 atom stereocenters. The number of alkyl carbamates (subject to hydrolysis) is 1. The van der Waals surface area contributed by atoms with Crippen LogP contribution in [0.5, 0.6) is 0 Å². The second-order valence-corrected chi connectivity index (χ2v) is 8.13. The van der Waals surface area contributed by atoms with Crippen molar-refractivity contribution in [2.75, 3.05) is 13.2 Å². The third kappa shape index (κ3) is 6.61. The van der Waals surface area contributed by atoms with E-state index in [1.807, 2.05) is 22.6 Å². The van der Waals surface area contributed by atoms with Crippen LogP contribution < -0.4 is 5.32 Å². The molecule has 9 heteroatoms. The molecule has 1 aromatic carbocycles. The number of amides is 1. The van der Waals surface area contributed by atoms with Gasteiger partial charge in [0.05, 0.1) is 13.2 Å². The van der Waals surface area contributed by atoms with Gasteiger partial charge in [-0.1, -0.05) is 0 Å². The summed E-state index contributed by atoms with van der Waals surface area (Å²) in [6.07, 6.45) is -1.52. The van der Waals surface area contributed by atoms with Gasteiger partial charge in [-0.25, -0.2) is 18.8 Å². The SMILES string of the molecule is CCOC(=O)C(Cc1cc(I)ccc1F)(NC(=O)OC(C)(C)C)C(=O)OCC. The molecule has 0 saturated carbocycles. The molecule has 0 spiro atoms. The van der Waals surface area contributed by atoms with Crippen molar-refractivity contribution in [2.45, 2.75) is 52.2 Å². The maximum Gasteiger partial charge on any atom is 0.409 e. The molecule has 0 saturated heterocycles. The summed E-state index contributed by atoms with van der Waals surface area (Å²) in [5.41, 5.74) is -3.13. The van der Waals surface area contributed by atoms with Crippen molar-refractivity contribution >= 4 is 40.6 Å². The minimum atomic E-state index is -2.29. The van der Waals surface area contributed by atoms with E-state index in [4.69, 9.17) is 14.2 Å². The highest BCUT2D eigenvalue weighted by Gasteiger charge is 2.51. The quantitative estimate of drug-likeness (QED) is 0.263. The van der Waals surface area contributed by atoms with Crippen molar-refractivity contribution in [1.29, 1.82) is 0 Å². The summed E-state index contributed by atoms with van der Waals surface area (Å²) in [5, 5.41) is 2.27. The Morgan fingerprint density at radius 3 is 2.07 bits per heavy atom. The molecule has 0 fully saturated rings. The van der Waals surface area contributed by atoms with Crippen LogP contribution in [0.3, 0.4) is 0 Å². The molecule has 7 nitrogen and oxygen atoms in total. The van der Waals surface area contributed by atoms with Gasteiger partial charge in [-0.3, -0.25) is 5.32 Å². The molecule has 1 amide bonds. The highest BCUT2D eigenvalue weighted by atomic mass is 127. The standard InChI is InChI=1S/C19H25FINO6/c1-6-26-15(23)19(16(24)27-7-2,22-17(25)28-18(3,4)5)11-12-10-13(21)8-9-14(12)20/h8-10H,6-7,11H2,1-5H3,(H,22,25). The minimum absolute atomic E-state index is 0.0454. The average Bonchev–Trinajstić information content (AvgIpc) is 2.56. The number of esters is 2. The van der Waals surface area contributed by atoms with Gasteiger partial charge in [-0.15, -0.1) is 0 Å². The van der Waals surface area contributed by atoms with Gasteiger partial charge in [0.1, 0.15) is 11.4 Å². The van der Waals surface area contributed by atoms with E-state index in [-0.39, 0.29) is 18.8 Å². The van der Waals surface area contributed by atoms with Crippen molar-refractivity contribution in [3.8, 4) is 0 Å². The molecule has 1 N–H and O–H groups in total. The summed E-state index contributed by atoms with van der Waals surface area (Å²) in [7, 11) is 0. The van der Waals surface area contributed by atoms with Crippen LogP contribution in [0.15, 0.2) is 18.2 Å². The van der Waals surface area contributed by atoms with E-state index in [2.05, 4.69) is 5.32 Å². The smallest absolute Gasteiger partial charge is 0.409 e. The van der Waals surface area contributed by atoms with E-state index in [1.165, 1.54) is 18.2 Å². The van der Waals surface area contributed by atoms with Gasteiger partial charge in [0.25, 0.3) is 0 Å². The van der Waals surface area contributed by atoms with E-state index >= 15 is 0 Å². The zero-order valence-electron chi connectivity index (χ0n) is 16.6. The molecule has 1 rings (SSSR count). The van der Waals surface area contributed by atoms with Crippen LogP contribution in [-0.2, 0) is 30.2 Å². The summed E-state index contributed by atoms with van der Waals surface area (Å²) in [6, 6.07) is 4.22. The Labute approximate surface area is 177 Å². The Bertz CT molecular complexity index is 714. The first-order chi connectivity index (χ1) is 12.9. The third-order valence-electron chi connectivity index (χ3n) is 3.43. The largest absolute Gasteiger partial charge is 0.464 e. The van der Waals surface area contributed by atoms with Crippen LogP contribution in [0.25, 0.3) is 0 Å². The van der Waals surface area contributed by atoms with E-state index < -0.39 is 41.4 Å². The van der Waals surface area contributed by atoms with Gasteiger partial charge in [0.15, 0.2) is 0 Å². The lowest BCUT2D eigenvalue weighted by Gasteiger charge is -2.31. The Morgan fingerprint density at radius 1 is 1.07 bits per heavy atom. The van der Waals surface area contributed by atoms with Gasteiger partial charge < -0.3 is 14.2 Å². The van der Waals surface area contributed by atoms with Gasteiger partial charge in [-0.05, 0) is 81.0 Å². The Balaban J connectivity index is 3.45. The van der Waals surface area contributed by atoms with Crippen LogP contribution in [0, 0.1) is 9.39 Å². The van der Waals surface area contributed by atoms with Crippen LogP contribution in [0.2, 0.25) is 0 Å². The van der Waals surface area contributed by atoms with Crippen molar-refractivity contribution < 1.29 is 33.0 Å². The number of ether oxygens (including phenoxy) is 3. The van der Waals surface area contributed by atoms with E-state index in [1.54, 1.807) is 34.6 Å². The van der Waals surface area contributed by atoms with Crippen LogP contribution >= 0.6 is 22.6 Å². The summed E-state index contributed by atoms with van der Waals surface area (Å²) in [4.78, 5) is 37.9. The van der Waals surface area contributed by atoms with Gasteiger partial charge in [-0.2, -0.15) is 0 Å². The fourth-order valence-electron chi connectivity index (χ4n) is 2.32. The van der Waals surface area contributed by atoms with Gasteiger partial charge in [0.2, 0.25) is 5.54 Å². The molecule has 0 radical (unpaired) electrons. The highest BCUT2D eigenvalue weighted by Crippen LogP contribution is 2.23. The second-order valence-electron chi connectivity index (χ2n) is 6.89. The zero-order chi connectivity index (χ0) is 21.5. The molecule has 0 aromatic heterocycles. The summed E-state index contributed by atoms with van der Waals surface area (Å²) >= 11 is 1.97. The molecule has 0 aliphatic carbocycles. The minimum Gasteiger partial charge on any atom is -0.464 e. The van der Waals surface area contributed by atoms with E-state index in [0.29, 0.717) is 3.57 Å². The number of hydrogen-bond acceptors (Lipinski definition) is 6. The molecule has 0 bridgehead atoms. The number of hydrogen-bond donors (Lipinski definition) is 1. The molecule has 156 valence electrons. The number of halogens is 2. The Morgan fingerprint density at radius 2 is 1.61 bits per heavy atom. The number of nitrogens with one attached hydrogen (secondary N) is 1. The lowest BCUT2D eigenvalue weighted by atomic mass is 9.90. The second kappa shape index (κ2) is 10.0. The molecule has 0 aliphatic rings. The van der Waals surface area contributed by atoms with E-state index in [9.17, 15) is 18.8 Å². The van der Waals surface area contributed by atoms with Gasteiger partial charge in [0, 0.05) is 9.99 Å². The summed E-state index contributed by atoms with van der Waals surface area (Å²) in [5.74, 6) is -2.75. The number of carbonyl (C=O) groups is 3. The van der Waals surface area contributed by atoms with Crippen LogP contribution in [0.1, 0.15) is 40.2 Å². The van der Waals surface area contributed by atoms with E-state index in [0.717, 1.165) is 0 Å². The topological polar surface area (TPSA) is 90.9 Å². The summed E-state index contributed by atoms with van der Waals surface area (Å²) < 4.78 is 30.3. The molecule has 0 aliphatic heterocycles. The Hall–Kier alpha value is -1.91. The third-order valence-corrected chi connectivity index (χ3v) is 4.10. The molecule has 0 heterocycles. The maximum atomic E-state index is 14.4. The zero-order valence-corrected chi connectivity index (χ0v) is 18.7. The first-order valence-corrected chi connectivity index (χ1v) is 9.82. The molecular formula is C19H25FINO6.